The van der Waals surface area contributed by atoms with Crippen LogP contribution >= 0.6 is 0 Å². The predicted octanol–water partition coefficient (Wildman–Crippen LogP) is 3.15. The molecule has 3 rings (SSSR count). The third-order valence-corrected chi connectivity index (χ3v) is 5.02. The zero-order valence-corrected chi connectivity index (χ0v) is 17.5. The van der Waals surface area contributed by atoms with Crippen molar-refractivity contribution in [2.24, 2.45) is 0 Å². The van der Waals surface area contributed by atoms with Gasteiger partial charge in [0.15, 0.2) is 0 Å². The van der Waals surface area contributed by atoms with Gasteiger partial charge < -0.3 is 10.2 Å². The zero-order chi connectivity index (χ0) is 20.5. The second-order valence-electron chi connectivity index (χ2n) is 7.40. The number of carbonyl (C=O) groups is 1. The van der Waals surface area contributed by atoms with Crippen molar-refractivity contribution in [3.63, 3.8) is 0 Å². The molecule has 29 heavy (non-hydrogen) atoms. The molecule has 1 aromatic heterocycles. The summed E-state index contributed by atoms with van der Waals surface area (Å²) >= 11 is 0. The molecule has 0 bridgehead atoms. The number of hydrogen-bond donors (Lipinski definition) is 1. The minimum atomic E-state index is -0.116. The molecule has 1 aliphatic heterocycles. The normalized spacial score (nSPS) is 15.0. The third kappa shape index (κ3) is 6.39. The lowest BCUT2D eigenvalue weighted by molar-refractivity contribution is 0.0948. The number of unbranched alkanes of at least 4 members (excludes halogenated alkanes) is 1. The first-order chi connectivity index (χ1) is 14.2. The van der Waals surface area contributed by atoms with E-state index in [0.717, 1.165) is 51.3 Å². The molecule has 1 fully saturated rings. The van der Waals surface area contributed by atoms with Crippen LogP contribution in [0.1, 0.15) is 41.5 Å². The van der Waals surface area contributed by atoms with Gasteiger partial charge in [0.25, 0.3) is 5.91 Å². The fourth-order valence-corrected chi connectivity index (χ4v) is 3.31. The number of aryl methyl sites for hydroxylation is 1. The van der Waals surface area contributed by atoms with Gasteiger partial charge in [-0.05, 0) is 25.0 Å². The number of piperazine rings is 1. The number of benzene rings is 1. The Morgan fingerprint density at radius 3 is 2.62 bits per heavy atom. The van der Waals surface area contributed by atoms with Gasteiger partial charge in [0, 0.05) is 45.0 Å². The minimum Gasteiger partial charge on any atom is -0.351 e. The zero-order valence-electron chi connectivity index (χ0n) is 17.5. The van der Waals surface area contributed by atoms with Crippen LogP contribution in [0.5, 0.6) is 0 Å². The Balaban J connectivity index is 1.53. The van der Waals surface area contributed by atoms with Gasteiger partial charge in [0.05, 0.1) is 0 Å². The Bertz CT molecular complexity index is 813. The molecule has 2 heterocycles. The summed E-state index contributed by atoms with van der Waals surface area (Å²) in [7, 11) is 0. The maximum absolute atomic E-state index is 12.4. The summed E-state index contributed by atoms with van der Waals surface area (Å²) < 4.78 is 0. The van der Waals surface area contributed by atoms with Gasteiger partial charge in [-0.1, -0.05) is 55.8 Å². The molecule has 6 nitrogen and oxygen atoms in total. The van der Waals surface area contributed by atoms with Crippen LogP contribution in [0.2, 0.25) is 0 Å². The number of hydrogen-bond acceptors (Lipinski definition) is 5. The van der Waals surface area contributed by atoms with Gasteiger partial charge in [-0.3, -0.25) is 9.69 Å². The number of carbonyl (C=O) groups excluding carboxylic acids is 1. The first-order valence-electron chi connectivity index (χ1n) is 10.5. The standard InChI is InChI=1S/C23H31N5O/c1-3-4-12-24-22(29)21-18-19(2)25-23(26-21)28-16-14-27(15-17-28)13-8-11-20-9-6-5-7-10-20/h5-11,18H,3-4,12-17H2,1-2H3,(H,24,29)/b11-8+. The highest BCUT2D eigenvalue weighted by Gasteiger charge is 2.20. The molecule has 0 saturated carbocycles. The van der Waals surface area contributed by atoms with Crippen LogP contribution in [-0.2, 0) is 0 Å². The average Bonchev–Trinajstić information content (AvgIpc) is 2.74. The van der Waals surface area contributed by atoms with E-state index in [0.29, 0.717) is 18.2 Å². The average molecular weight is 394 g/mol. The Morgan fingerprint density at radius 2 is 1.90 bits per heavy atom. The molecule has 2 aromatic rings. The molecule has 1 aliphatic rings. The van der Waals surface area contributed by atoms with E-state index in [2.05, 4.69) is 68.4 Å². The molecular weight excluding hydrogens is 362 g/mol. The number of amides is 1. The summed E-state index contributed by atoms with van der Waals surface area (Å²) in [5.41, 5.74) is 2.50. The second-order valence-corrected chi connectivity index (χ2v) is 7.40. The molecule has 6 heteroatoms. The fraction of sp³-hybridized carbons (Fsp3) is 0.435. The SMILES string of the molecule is CCCCNC(=O)c1cc(C)nc(N2CCN(C/C=C/c3ccccc3)CC2)n1. The first-order valence-corrected chi connectivity index (χ1v) is 10.5. The molecule has 0 spiro atoms. The van der Waals surface area contributed by atoms with Crippen LogP contribution in [0, 0.1) is 6.92 Å². The van der Waals surface area contributed by atoms with E-state index in [4.69, 9.17) is 0 Å². The highest BCUT2D eigenvalue weighted by Crippen LogP contribution is 2.14. The number of nitrogens with one attached hydrogen (secondary N) is 1. The molecule has 0 aliphatic carbocycles. The predicted molar refractivity (Wildman–Crippen MR) is 118 cm³/mol. The van der Waals surface area contributed by atoms with Gasteiger partial charge in [0.2, 0.25) is 5.95 Å². The van der Waals surface area contributed by atoms with E-state index in [1.54, 1.807) is 6.07 Å². The van der Waals surface area contributed by atoms with Crippen molar-refractivity contribution in [3.05, 3.63) is 59.4 Å². The number of aromatic nitrogens is 2. The lowest BCUT2D eigenvalue weighted by Gasteiger charge is -2.34. The summed E-state index contributed by atoms with van der Waals surface area (Å²) in [6, 6.07) is 12.1. The number of nitrogens with zero attached hydrogens (tertiary/aromatic N) is 4. The first kappa shape index (κ1) is 21.0. The fourth-order valence-electron chi connectivity index (χ4n) is 3.31. The summed E-state index contributed by atoms with van der Waals surface area (Å²) in [6.45, 7) is 9.27. The largest absolute Gasteiger partial charge is 0.351 e. The lowest BCUT2D eigenvalue weighted by Crippen LogP contribution is -2.47. The topological polar surface area (TPSA) is 61.4 Å². The van der Waals surface area contributed by atoms with Crippen LogP contribution < -0.4 is 10.2 Å². The molecule has 1 amide bonds. The lowest BCUT2D eigenvalue weighted by atomic mass is 10.2. The summed E-state index contributed by atoms with van der Waals surface area (Å²) in [6.07, 6.45) is 6.41. The van der Waals surface area contributed by atoms with E-state index < -0.39 is 0 Å². The Hall–Kier alpha value is -2.73. The molecule has 1 aromatic carbocycles. The quantitative estimate of drug-likeness (QED) is 0.698. The molecular formula is C23H31N5O. The molecule has 0 atom stereocenters. The van der Waals surface area contributed by atoms with E-state index in [1.807, 2.05) is 13.0 Å². The third-order valence-electron chi connectivity index (χ3n) is 5.02. The summed E-state index contributed by atoms with van der Waals surface area (Å²) in [5, 5.41) is 2.94. The maximum atomic E-state index is 12.4. The van der Waals surface area contributed by atoms with Crippen molar-refractivity contribution in [1.82, 2.24) is 20.2 Å². The van der Waals surface area contributed by atoms with Crippen LogP contribution in [0.15, 0.2) is 42.5 Å². The molecule has 0 radical (unpaired) electrons. The van der Waals surface area contributed by atoms with Crippen molar-refractivity contribution in [1.29, 1.82) is 0 Å². The Labute approximate surface area is 173 Å². The second kappa shape index (κ2) is 10.7. The smallest absolute Gasteiger partial charge is 0.270 e. The summed E-state index contributed by atoms with van der Waals surface area (Å²) in [4.78, 5) is 26.1. The highest BCUT2D eigenvalue weighted by molar-refractivity contribution is 5.92. The van der Waals surface area contributed by atoms with Crippen LogP contribution in [0.4, 0.5) is 5.95 Å². The van der Waals surface area contributed by atoms with Crippen LogP contribution in [0.25, 0.3) is 6.08 Å². The van der Waals surface area contributed by atoms with E-state index >= 15 is 0 Å². The minimum absolute atomic E-state index is 0.116. The molecule has 1 saturated heterocycles. The van der Waals surface area contributed by atoms with Gasteiger partial charge in [-0.15, -0.1) is 0 Å². The molecule has 154 valence electrons. The van der Waals surface area contributed by atoms with Crippen molar-refractivity contribution < 1.29 is 4.79 Å². The molecule has 1 N–H and O–H groups in total. The van der Waals surface area contributed by atoms with Gasteiger partial charge in [-0.25, -0.2) is 9.97 Å². The van der Waals surface area contributed by atoms with E-state index in [1.165, 1.54) is 5.56 Å². The highest BCUT2D eigenvalue weighted by atomic mass is 16.1. The van der Waals surface area contributed by atoms with Crippen molar-refractivity contribution >= 4 is 17.9 Å². The van der Waals surface area contributed by atoms with Crippen molar-refractivity contribution in [2.45, 2.75) is 26.7 Å². The van der Waals surface area contributed by atoms with Gasteiger partial charge in [-0.2, -0.15) is 0 Å². The van der Waals surface area contributed by atoms with Gasteiger partial charge >= 0.3 is 0 Å². The Kier molecular flexibility index (Phi) is 7.76. The summed E-state index contributed by atoms with van der Waals surface area (Å²) in [5.74, 6) is 0.542. The van der Waals surface area contributed by atoms with E-state index in [-0.39, 0.29) is 5.91 Å². The van der Waals surface area contributed by atoms with Crippen LogP contribution in [0.3, 0.4) is 0 Å². The monoisotopic (exact) mass is 393 g/mol. The van der Waals surface area contributed by atoms with Crippen molar-refractivity contribution in [2.75, 3.05) is 44.2 Å². The number of anilines is 1. The Morgan fingerprint density at radius 1 is 1.14 bits per heavy atom. The van der Waals surface area contributed by atoms with E-state index in [9.17, 15) is 4.79 Å². The molecule has 0 unspecified atom stereocenters. The maximum Gasteiger partial charge on any atom is 0.270 e. The number of rotatable bonds is 8. The van der Waals surface area contributed by atoms with Gasteiger partial charge in [0.1, 0.15) is 5.69 Å². The van der Waals surface area contributed by atoms with Crippen LogP contribution in [-0.4, -0.2) is 60.0 Å². The van der Waals surface area contributed by atoms with Crippen molar-refractivity contribution in [3.8, 4) is 0 Å².